The highest BCUT2D eigenvalue weighted by molar-refractivity contribution is 7.93. The number of nitrogens with two attached hydrogens (primary N) is 1. The second-order valence-corrected chi connectivity index (χ2v) is 8.66. The topological polar surface area (TPSA) is 123 Å². The molecule has 1 aliphatic heterocycles. The smallest absolute Gasteiger partial charge is 0.165 e. The Hall–Kier alpha value is -1.55. The van der Waals surface area contributed by atoms with Crippen LogP contribution in [0.5, 0.6) is 0 Å². The lowest BCUT2D eigenvalue weighted by Gasteiger charge is -2.46. The van der Waals surface area contributed by atoms with Crippen LogP contribution in [-0.2, 0) is 15.4 Å². The van der Waals surface area contributed by atoms with Gasteiger partial charge in [-0.25, -0.2) is 12.8 Å². The highest BCUT2D eigenvalue weighted by atomic mass is 32.2. The number of nitrogens with zero attached hydrogens (tertiary/aromatic N) is 1. The quantitative estimate of drug-likeness (QED) is 0.746. The fourth-order valence-electron chi connectivity index (χ4n) is 3.34. The standard InChI is InChI=1S/C14H17FN3O4S/c1-13(10-7-9(18(19)20)3-4-11(10)15)8-23(21,22)14(5-2-6-14)12(16)17-13/h3-4,7,18H,2,5-6,8H2,1H3,(H2,16,17)/q-1/t13-/m0/s1. The monoisotopic (exact) mass is 342 g/mol. The number of benzene rings is 1. The van der Waals surface area contributed by atoms with E-state index in [0.29, 0.717) is 12.8 Å². The summed E-state index contributed by atoms with van der Waals surface area (Å²) in [5.74, 6) is -1.15. The number of rotatable bonds is 2. The molecule has 7 nitrogen and oxygen atoms in total. The van der Waals surface area contributed by atoms with Gasteiger partial charge in [-0.15, -0.1) is 0 Å². The van der Waals surface area contributed by atoms with Gasteiger partial charge in [-0.2, -0.15) is 0 Å². The van der Waals surface area contributed by atoms with Crippen molar-refractivity contribution in [3.05, 3.63) is 40.0 Å². The molecule has 0 unspecified atom stereocenters. The second kappa shape index (κ2) is 4.97. The molecule has 1 aliphatic carbocycles. The van der Waals surface area contributed by atoms with Crippen molar-refractivity contribution in [3.63, 3.8) is 0 Å². The third-order valence-electron chi connectivity index (χ3n) is 4.84. The molecular formula is C14H17FN3O4S-. The van der Waals surface area contributed by atoms with Crippen LogP contribution >= 0.6 is 0 Å². The number of hydrogen-bond donors (Lipinski definition) is 2. The van der Waals surface area contributed by atoms with Gasteiger partial charge in [0.1, 0.15) is 27.6 Å². The van der Waals surface area contributed by atoms with Crippen LogP contribution in [0.4, 0.5) is 10.1 Å². The molecule has 1 fully saturated rings. The summed E-state index contributed by atoms with van der Waals surface area (Å²) < 4.78 is 38.5. The average molecular weight is 342 g/mol. The first-order valence-electron chi connectivity index (χ1n) is 7.21. The lowest BCUT2D eigenvalue weighted by molar-refractivity contribution is -0.715. The summed E-state index contributed by atoms with van der Waals surface area (Å²) in [5, 5.41) is 20.5. The molecule has 2 aliphatic rings. The summed E-state index contributed by atoms with van der Waals surface area (Å²) in [6.07, 6.45) is 1.59. The van der Waals surface area contributed by atoms with Gasteiger partial charge in [0.15, 0.2) is 9.84 Å². The van der Waals surface area contributed by atoms with E-state index < -0.39 is 36.9 Å². The van der Waals surface area contributed by atoms with Crippen molar-refractivity contribution in [2.45, 2.75) is 36.5 Å². The first kappa shape index (κ1) is 16.3. The summed E-state index contributed by atoms with van der Waals surface area (Å²) in [4.78, 5) is 4.28. The highest BCUT2D eigenvalue weighted by Crippen LogP contribution is 2.47. The van der Waals surface area contributed by atoms with Crippen molar-refractivity contribution in [2.24, 2.45) is 10.7 Å². The SMILES string of the molecule is C[C@@]1(c2cc([NH+]([O-])[O-])ccc2F)CS(=O)(=O)C2(CCC2)C(N)=N1. The van der Waals surface area contributed by atoms with Crippen LogP contribution < -0.4 is 11.0 Å². The van der Waals surface area contributed by atoms with E-state index in [9.17, 15) is 23.2 Å². The average Bonchev–Trinajstić information content (AvgIpc) is 2.34. The third kappa shape index (κ3) is 2.26. The zero-order valence-electron chi connectivity index (χ0n) is 12.5. The predicted octanol–water partition coefficient (Wildman–Crippen LogP) is 0.261. The predicted molar refractivity (Wildman–Crippen MR) is 83.1 cm³/mol. The van der Waals surface area contributed by atoms with Gasteiger partial charge in [0.25, 0.3) is 0 Å². The summed E-state index contributed by atoms with van der Waals surface area (Å²) in [5.41, 5.74) is 4.12. The molecule has 3 rings (SSSR count). The molecule has 1 atom stereocenters. The normalized spacial score (nSPS) is 28.5. The van der Waals surface area contributed by atoms with E-state index >= 15 is 0 Å². The Labute approximate surface area is 133 Å². The minimum atomic E-state index is -3.63. The van der Waals surface area contributed by atoms with E-state index in [4.69, 9.17) is 5.73 Å². The van der Waals surface area contributed by atoms with Crippen molar-refractivity contribution in [2.75, 3.05) is 5.75 Å². The summed E-state index contributed by atoms with van der Waals surface area (Å²) in [6, 6.07) is 3.10. The fraction of sp³-hybridized carbons (Fsp3) is 0.500. The van der Waals surface area contributed by atoms with Gasteiger partial charge in [-0.3, -0.25) is 4.99 Å². The minimum absolute atomic E-state index is 0.0178. The van der Waals surface area contributed by atoms with Gasteiger partial charge in [-0.05, 0) is 32.3 Å². The lowest BCUT2D eigenvalue weighted by atomic mass is 9.82. The van der Waals surface area contributed by atoms with Crippen molar-refractivity contribution in [3.8, 4) is 0 Å². The molecule has 1 aromatic carbocycles. The van der Waals surface area contributed by atoms with Gasteiger partial charge in [0, 0.05) is 17.7 Å². The Morgan fingerprint density at radius 1 is 1.35 bits per heavy atom. The van der Waals surface area contributed by atoms with E-state index in [1.807, 2.05) is 0 Å². The van der Waals surface area contributed by atoms with Crippen LogP contribution in [-0.4, -0.2) is 24.8 Å². The maximum atomic E-state index is 14.2. The van der Waals surface area contributed by atoms with Crippen LogP contribution in [0.25, 0.3) is 0 Å². The van der Waals surface area contributed by atoms with Crippen LogP contribution in [0, 0.1) is 16.2 Å². The largest absolute Gasteiger partial charge is 0.628 e. The number of sulfone groups is 1. The molecule has 23 heavy (non-hydrogen) atoms. The van der Waals surface area contributed by atoms with Gasteiger partial charge in [-0.1, -0.05) is 0 Å². The number of halogens is 1. The summed E-state index contributed by atoms with van der Waals surface area (Å²) in [6.45, 7) is 1.44. The third-order valence-corrected chi connectivity index (χ3v) is 7.59. The van der Waals surface area contributed by atoms with Crippen LogP contribution in [0.15, 0.2) is 23.2 Å². The molecule has 1 aromatic rings. The number of quaternary nitrogens is 1. The molecule has 0 saturated heterocycles. The molecule has 0 bridgehead atoms. The van der Waals surface area contributed by atoms with Crippen molar-refractivity contribution in [1.82, 2.24) is 0 Å². The second-order valence-electron chi connectivity index (χ2n) is 6.36. The molecule has 3 N–H and O–H groups in total. The van der Waals surface area contributed by atoms with E-state index in [2.05, 4.69) is 4.99 Å². The van der Waals surface area contributed by atoms with Crippen LogP contribution in [0.1, 0.15) is 31.7 Å². The van der Waals surface area contributed by atoms with Crippen molar-refractivity contribution >= 4 is 21.4 Å². The highest BCUT2D eigenvalue weighted by Gasteiger charge is 2.58. The molecular weight excluding hydrogens is 325 g/mol. The van der Waals surface area contributed by atoms with Crippen molar-refractivity contribution < 1.29 is 18.0 Å². The molecule has 1 spiro atoms. The summed E-state index contributed by atoms with van der Waals surface area (Å²) in [7, 11) is -3.63. The molecule has 1 heterocycles. The molecule has 126 valence electrons. The van der Waals surface area contributed by atoms with Crippen LogP contribution in [0.3, 0.4) is 0 Å². The maximum Gasteiger partial charge on any atom is 0.165 e. The molecule has 0 aromatic heterocycles. The van der Waals surface area contributed by atoms with E-state index in [-0.39, 0.29) is 17.1 Å². The van der Waals surface area contributed by atoms with Crippen molar-refractivity contribution in [1.29, 1.82) is 0 Å². The first-order valence-corrected chi connectivity index (χ1v) is 8.86. The molecule has 0 amide bonds. The van der Waals surface area contributed by atoms with E-state index in [1.54, 1.807) is 0 Å². The van der Waals surface area contributed by atoms with Gasteiger partial charge < -0.3 is 21.4 Å². The van der Waals surface area contributed by atoms with Crippen LogP contribution in [0.2, 0.25) is 0 Å². The Bertz CT molecular complexity index is 789. The Morgan fingerprint density at radius 2 is 2.00 bits per heavy atom. The van der Waals surface area contributed by atoms with E-state index in [0.717, 1.165) is 24.6 Å². The molecule has 0 radical (unpaired) electrons. The number of nitrogens with one attached hydrogen (secondary N) is 1. The lowest BCUT2D eigenvalue weighted by Crippen LogP contribution is -2.96. The zero-order chi connectivity index (χ0) is 17.0. The number of amidine groups is 1. The number of hydrogen-bond acceptors (Lipinski definition) is 6. The van der Waals surface area contributed by atoms with Gasteiger partial charge in [0.2, 0.25) is 0 Å². The molecule has 1 saturated carbocycles. The maximum absolute atomic E-state index is 14.2. The number of aliphatic imine (C=N–C) groups is 1. The Kier molecular flexibility index (Phi) is 3.53. The van der Waals surface area contributed by atoms with Gasteiger partial charge in [0.05, 0.1) is 5.75 Å². The summed E-state index contributed by atoms with van der Waals surface area (Å²) >= 11 is 0. The minimum Gasteiger partial charge on any atom is -0.628 e. The molecule has 9 heteroatoms. The zero-order valence-corrected chi connectivity index (χ0v) is 13.3. The fourth-order valence-corrected chi connectivity index (χ4v) is 5.85. The Morgan fingerprint density at radius 3 is 2.48 bits per heavy atom. The van der Waals surface area contributed by atoms with Gasteiger partial charge >= 0.3 is 0 Å². The first-order chi connectivity index (χ1) is 10.6. The van der Waals surface area contributed by atoms with E-state index in [1.165, 1.54) is 6.92 Å². The Balaban J connectivity index is 2.15.